The number of rotatable bonds is 4. The number of carbonyl (C=O) groups is 1. The van der Waals surface area contributed by atoms with E-state index in [0.29, 0.717) is 27.7 Å². The lowest BCUT2D eigenvalue weighted by Gasteiger charge is -2.14. The van der Waals surface area contributed by atoms with E-state index in [9.17, 15) is 4.79 Å². The van der Waals surface area contributed by atoms with Gasteiger partial charge in [0.2, 0.25) is 0 Å². The summed E-state index contributed by atoms with van der Waals surface area (Å²) >= 11 is 12.3. The lowest BCUT2D eigenvalue weighted by molar-refractivity contribution is 0.0595. The molecule has 0 unspecified atom stereocenters. The number of hydrogen-bond donors (Lipinski definition) is 0. The van der Waals surface area contributed by atoms with Gasteiger partial charge in [-0.1, -0.05) is 71.7 Å². The van der Waals surface area contributed by atoms with E-state index in [2.05, 4.69) is 4.98 Å². The van der Waals surface area contributed by atoms with Gasteiger partial charge in [-0.25, -0.2) is 14.2 Å². The third kappa shape index (κ3) is 3.58. The Morgan fingerprint density at radius 3 is 2.37 bits per heavy atom. The Balaban J connectivity index is 2.15. The standard InChI is InChI=1S/C23H15Cl2FN2O2/c1-30-23(29)20-21(15-9-5-10-16(24)13-15)28(18-12-6-11-17(25)19(18)26)22(27-20)14-7-3-2-4-8-14/h2-13H,1H3. The van der Waals surface area contributed by atoms with Crippen molar-refractivity contribution in [2.45, 2.75) is 0 Å². The van der Waals surface area contributed by atoms with E-state index in [4.69, 9.17) is 27.9 Å². The summed E-state index contributed by atoms with van der Waals surface area (Å²) in [6.45, 7) is 0. The Hall–Kier alpha value is -3.15. The van der Waals surface area contributed by atoms with Crippen LogP contribution in [0.1, 0.15) is 10.5 Å². The first-order valence-electron chi connectivity index (χ1n) is 8.98. The summed E-state index contributed by atoms with van der Waals surface area (Å²) in [6, 6.07) is 20.7. The average Bonchev–Trinajstić information content (AvgIpc) is 3.16. The fourth-order valence-corrected chi connectivity index (χ4v) is 3.60. The van der Waals surface area contributed by atoms with Gasteiger partial charge in [-0.3, -0.25) is 4.57 Å². The molecule has 0 saturated heterocycles. The van der Waals surface area contributed by atoms with E-state index in [0.717, 1.165) is 0 Å². The molecule has 0 aliphatic rings. The summed E-state index contributed by atoms with van der Waals surface area (Å²) in [5.41, 5.74) is 1.81. The Morgan fingerprint density at radius 2 is 1.67 bits per heavy atom. The first-order chi connectivity index (χ1) is 14.5. The molecule has 4 nitrogen and oxygen atoms in total. The number of aromatic nitrogens is 2. The number of methoxy groups -OCH3 is 1. The van der Waals surface area contributed by atoms with Gasteiger partial charge in [0, 0.05) is 16.1 Å². The molecular formula is C23H15Cl2FN2O2. The molecule has 0 amide bonds. The van der Waals surface area contributed by atoms with E-state index < -0.39 is 11.8 Å². The molecule has 0 atom stereocenters. The van der Waals surface area contributed by atoms with Crippen LogP contribution in [0.15, 0.2) is 72.8 Å². The van der Waals surface area contributed by atoms with Crippen molar-refractivity contribution in [3.63, 3.8) is 0 Å². The SMILES string of the molecule is COC(=O)c1nc(-c2ccccc2)n(-c2cccc(Cl)c2F)c1-c1cccc(Cl)c1. The summed E-state index contributed by atoms with van der Waals surface area (Å²) in [4.78, 5) is 17.2. The summed E-state index contributed by atoms with van der Waals surface area (Å²) < 4.78 is 21.6. The molecule has 0 radical (unpaired) electrons. The first-order valence-corrected chi connectivity index (χ1v) is 9.73. The van der Waals surface area contributed by atoms with E-state index in [1.807, 2.05) is 30.3 Å². The van der Waals surface area contributed by atoms with Crippen LogP contribution < -0.4 is 0 Å². The van der Waals surface area contributed by atoms with Crippen LogP contribution >= 0.6 is 23.2 Å². The predicted molar refractivity (Wildman–Crippen MR) is 116 cm³/mol. The zero-order valence-electron chi connectivity index (χ0n) is 15.8. The second-order valence-electron chi connectivity index (χ2n) is 6.41. The molecule has 0 N–H and O–H groups in total. The van der Waals surface area contributed by atoms with Gasteiger partial charge >= 0.3 is 5.97 Å². The monoisotopic (exact) mass is 440 g/mol. The van der Waals surface area contributed by atoms with E-state index in [1.165, 1.54) is 13.2 Å². The fraction of sp³-hybridized carbons (Fsp3) is 0.0435. The molecule has 0 fully saturated rings. The number of hydrogen-bond acceptors (Lipinski definition) is 3. The van der Waals surface area contributed by atoms with Gasteiger partial charge in [-0.2, -0.15) is 0 Å². The van der Waals surface area contributed by atoms with Gasteiger partial charge in [-0.05, 0) is 24.3 Å². The normalized spacial score (nSPS) is 10.8. The molecule has 1 aromatic heterocycles. The second kappa shape index (κ2) is 8.30. The van der Waals surface area contributed by atoms with Gasteiger partial charge < -0.3 is 4.74 Å². The van der Waals surface area contributed by atoms with Crippen molar-refractivity contribution in [3.8, 4) is 28.3 Å². The van der Waals surface area contributed by atoms with Crippen LogP contribution in [0.3, 0.4) is 0 Å². The third-order valence-corrected chi connectivity index (χ3v) is 5.09. The van der Waals surface area contributed by atoms with E-state index in [1.54, 1.807) is 41.0 Å². The molecule has 3 aromatic carbocycles. The number of nitrogens with zero attached hydrogens (tertiary/aromatic N) is 2. The Morgan fingerprint density at radius 1 is 0.967 bits per heavy atom. The maximum Gasteiger partial charge on any atom is 0.358 e. The number of esters is 1. The van der Waals surface area contributed by atoms with Crippen molar-refractivity contribution in [3.05, 3.63) is 94.4 Å². The van der Waals surface area contributed by atoms with E-state index in [-0.39, 0.29) is 16.4 Å². The summed E-state index contributed by atoms with van der Waals surface area (Å²) in [5.74, 6) is -0.913. The molecule has 150 valence electrons. The molecule has 0 spiro atoms. The van der Waals surface area contributed by atoms with Crippen molar-refractivity contribution >= 4 is 29.2 Å². The smallest absolute Gasteiger partial charge is 0.358 e. The molecule has 4 aromatic rings. The summed E-state index contributed by atoms with van der Waals surface area (Å²) in [6.07, 6.45) is 0. The first kappa shape index (κ1) is 20.1. The van der Waals surface area contributed by atoms with Gasteiger partial charge in [-0.15, -0.1) is 0 Å². The predicted octanol–water partition coefficient (Wildman–Crippen LogP) is 6.44. The van der Waals surface area contributed by atoms with E-state index >= 15 is 4.39 Å². The highest BCUT2D eigenvalue weighted by atomic mass is 35.5. The fourth-order valence-electron chi connectivity index (χ4n) is 3.24. The topological polar surface area (TPSA) is 44.1 Å². The van der Waals surface area contributed by atoms with Gasteiger partial charge in [0.25, 0.3) is 0 Å². The quantitative estimate of drug-likeness (QED) is 0.343. The second-order valence-corrected chi connectivity index (χ2v) is 7.25. The van der Waals surface area contributed by atoms with Crippen molar-refractivity contribution in [2.24, 2.45) is 0 Å². The van der Waals surface area contributed by atoms with Crippen LogP contribution in [-0.2, 0) is 4.74 Å². The molecule has 7 heteroatoms. The Labute approximate surface area is 182 Å². The molecule has 0 aliphatic heterocycles. The minimum absolute atomic E-state index is 0.0398. The Bertz CT molecular complexity index is 1240. The highest BCUT2D eigenvalue weighted by Crippen LogP contribution is 2.36. The number of halogens is 3. The summed E-state index contributed by atoms with van der Waals surface area (Å²) in [7, 11) is 1.27. The highest BCUT2D eigenvalue weighted by Gasteiger charge is 2.27. The van der Waals surface area contributed by atoms with Crippen molar-refractivity contribution in [1.29, 1.82) is 0 Å². The van der Waals surface area contributed by atoms with Crippen LogP contribution in [0, 0.1) is 5.82 Å². The molecule has 0 bridgehead atoms. The van der Waals surface area contributed by atoms with Crippen molar-refractivity contribution in [2.75, 3.05) is 7.11 Å². The third-order valence-electron chi connectivity index (χ3n) is 4.56. The molecule has 4 rings (SSSR count). The van der Waals surface area contributed by atoms with Crippen molar-refractivity contribution < 1.29 is 13.9 Å². The van der Waals surface area contributed by atoms with Gasteiger partial charge in [0.1, 0.15) is 5.82 Å². The minimum Gasteiger partial charge on any atom is -0.464 e. The highest BCUT2D eigenvalue weighted by molar-refractivity contribution is 6.31. The minimum atomic E-state index is -0.650. The lowest BCUT2D eigenvalue weighted by Crippen LogP contribution is -2.06. The number of carbonyl (C=O) groups excluding carboxylic acids is 1. The number of imidazole rings is 1. The van der Waals surface area contributed by atoms with Gasteiger partial charge in [0.05, 0.1) is 23.5 Å². The molecule has 30 heavy (non-hydrogen) atoms. The maximum atomic E-state index is 15.1. The number of benzene rings is 3. The largest absolute Gasteiger partial charge is 0.464 e. The zero-order valence-corrected chi connectivity index (χ0v) is 17.3. The molecule has 1 heterocycles. The molecular weight excluding hydrogens is 426 g/mol. The average molecular weight is 441 g/mol. The Kier molecular flexibility index (Phi) is 5.57. The van der Waals surface area contributed by atoms with Crippen LogP contribution in [-0.4, -0.2) is 22.6 Å². The molecule has 0 aliphatic carbocycles. The van der Waals surface area contributed by atoms with Crippen LogP contribution in [0.25, 0.3) is 28.3 Å². The molecule has 0 saturated carbocycles. The van der Waals surface area contributed by atoms with Gasteiger partial charge in [0.15, 0.2) is 11.5 Å². The van der Waals surface area contributed by atoms with Crippen LogP contribution in [0.2, 0.25) is 10.0 Å². The van der Waals surface area contributed by atoms with Crippen LogP contribution in [0.4, 0.5) is 4.39 Å². The summed E-state index contributed by atoms with van der Waals surface area (Å²) in [5, 5.41) is 0.417. The number of ether oxygens (including phenoxy) is 1. The van der Waals surface area contributed by atoms with Crippen molar-refractivity contribution in [1.82, 2.24) is 9.55 Å². The lowest BCUT2D eigenvalue weighted by atomic mass is 10.1. The maximum absolute atomic E-state index is 15.1. The van der Waals surface area contributed by atoms with Crippen LogP contribution in [0.5, 0.6) is 0 Å². The zero-order chi connectivity index (χ0) is 21.3.